The first kappa shape index (κ1) is 12.8. The van der Waals surface area contributed by atoms with Crippen molar-refractivity contribution in [3.8, 4) is 5.75 Å². The first-order valence-electron chi connectivity index (χ1n) is 6.14. The van der Waals surface area contributed by atoms with E-state index in [4.69, 9.17) is 16.3 Å². The number of fused-ring (bicyclic) bond motifs is 1. The molecule has 0 saturated carbocycles. The number of methoxy groups -OCH3 is 1. The average molecular weight is 286 g/mol. The van der Waals surface area contributed by atoms with Crippen LogP contribution < -0.4 is 4.74 Å². The summed E-state index contributed by atoms with van der Waals surface area (Å²) in [5.41, 5.74) is 2.14. The van der Waals surface area contributed by atoms with E-state index < -0.39 is 0 Å². The zero-order valence-electron chi connectivity index (χ0n) is 10.8. The first-order chi connectivity index (χ1) is 9.69. The first-order valence-corrected chi connectivity index (χ1v) is 6.52. The van der Waals surface area contributed by atoms with Gasteiger partial charge in [-0.05, 0) is 42.5 Å². The Labute approximate surface area is 121 Å². The number of halogens is 1. The monoisotopic (exact) mass is 285 g/mol. The summed E-state index contributed by atoms with van der Waals surface area (Å²) in [5.74, 6) is 0.684. The lowest BCUT2D eigenvalue weighted by molar-refractivity contribution is 0.104. The van der Waals surface area contributed by atoms with Crippen molar-refractivity contribution in [3.63, 3.8) is 0 Å². The molecule has 3 aromatic rings. The molecule has 0 saturated heterocycles. The fourth-order valence-corrected chi connectivity index (χ4v) is 2.30. The van der Waals surface area contributed by atoms with Crippen LogP contribution >= 0.6 is 11.6 Å². The van der Waals surface area contributed by atoms with Crippen LogP contribution in [0.2, 0.25) is 5.02 Å². The largest absolute Gasteiger partial charge is 0.497 e. The lowest BCUT2D eigenvalue weighted by atomic mass is 10.0. The van der Waals surface area contributed by atoms with E-state index in [1.807, 2.05) is 18.2 Å². The van der Waals surface area contributed by atoms with Gasteiger partial charge in [-0.15, -0.1) is 0 Å². The van der Waals surface area contributed by atoms with E-state index in [0.29, 0.717) is 16.1 Å². The van der Waals surface area contributed by atoms with E-state index in [1.165, 1.54) is 0 Å². The molecular weight excluding hydrogens is 274 g/mol. The predicted molar refractivity (Wildman–Crippen MR) is 79.7 cm³/mol. The molecular formula is C16H12ClNO2. The number of aromatic amines is 1. The van der Waals surface area contributed by atoms with Crippen LogP contribution in [0.1, 0.15) is 15.9 Å². The number of carbonyl (C=O) groups is 1. The molecule has 0 amide bonds. The Morgan fingerprint density at radius 3 is 2.60 bits per heavy atom. The van der Waals surface area contributed by atoms with E-state index in [-0.39, 0.29) is 5.78 Å². The smallest absolute Gasteiger partial charge is 0.195 e. The number of carbonyl (C=O) groups excluding carboxylic acids is 1. The van der Waals surface area contributed by atoms with Gasteiger partial charge in [-0.3, -0.25) is 4.79 Å². The predicted octanol–water partition coefficient (Wildman–Crippen LogP) is 4.06. The Kier molecular flexibility index (Phi) is 3.20. The van der Waals surface area contributed by atoms with Crippen LogP contribution in [-0.4, -0.2) is 17.9 Å². The second kappa shape index (κ2) is 5.02. The van der Waals surface area contributed by atoms with Crippen LogP contribution in [0.25, 0.3) is 10.9 Å². The van der Waals surface area contributed by atoms with Crippen LogP contribution in [-0.2, 0) is 0 Å². The second-order valence-electron chi connectivity index (χ2n) is 4.45. The summed E-state index contributed by atoms with van der Waals surface area (Å²) in [6.45, 7) is 0. The number of hydrogen-bond donors (Lipinski definition) is 1. The van der Waals surface area contributed by atoms with E-state index in [1.54, 1.807) is 37.6 Å². The molecule has 100 valence electrons. The quantitative estimate of drug-likeness (QED) is 0.737. The molecule has 0 atom stereocenters. The number of ether oxygens (including phenoxy) is 1. The van der Waals surface area contributed by atoms with Gasteiger partial charge in [0.1, 0.15) is 5.75 Å². The normalized spacial score (nSPS) is 10.7. The van der Waals surface area contributed by atoms with Crippen LogP contribution in [0.3, 0.4) is 0 Å². The summed E-state index contributed by atoms with van der Waals surface area (Å²) in [6.07, 6.45) is 1.72. The molecule has 2 aromatic carbocycles. The van der Waals surface area contributed by atoms with Crippen molar-refractivity contribution in [1.29, 1.82) is 0 Å². The van der Waals surface area contributed by atoms with Crippen LogP contribution in [0, 0.1) is 0 Å². The highest BCUT2D eigenvalue weighted by atomic mass is 35.5. The summed E-state index contributed by atoms with van der Waals surface area (Å²) < 4.78 is 5.21. The minimum atomic E-state index is -0.0406. The minimum absolute atomic E-state index is 0.0406. The lowest BCUT2D eigenvalue weighted by Gasteiger charge is -2.02. The third-order valence-corrected chi connectivity index (χ3v) is 3.49. The molecule has 3 rings (SSSR count). The Hall–Kier alpha value is -2.26. The number of rotatable bonds is 3. The van der Waals surface area contributed by atoms with Crippen molar-refractivity contribution in [2.45, 2.75) is 0 Å². The van der Waals surface area contributed by atoms with E-state index in [0.717, 1.165) is 16.7 Å². The summed E-state index contributed by atoms with van der Waals surface area (Å²) >= 11 is 5.84. The Morgan fingerprint density at radius 1 is 1.15 bits per heavy atom. The number of nitrogens with one attached hydrogen (secondary N) is 1. The molecule has 0 radical (unpaired) electrons. The van der Waals surface area contributed by atoms with Crippen LogP contribution in [0.15, 0.2) is 48.7 Å². The van der Waals surface area contributed by atoms with Crippen molar-refractivity contribution in [3.05, 3.63) is 64.8 Å². The van der Waals surface area contributed by atoms with Gasteiger partial charge in [0.25, 0.3) is 0 Å². The third-order valence-electron chi connectivity index (χ3n) is 3.24. The number of hydrogen-bond acceptors (Lipinski definition) is 2. The molecule has 1 N–H and O–H groups in total. The van der Waals surface area contributed by atoms with Gasteiger partial charge in [-0.2, -0.15) is 0 Å². The second-order valence-corrected chi connectivity index (χ2v) is 4.89. The summed E-state index contributed by atoms with van der Waals surface area (Å²) in [7, 11) is 1.61. The fraction of sp³-hybridized carbons (Fsp3) is 0.0625. The number of aromatic nitrogens is 1. The molecule has 0 aliphatic carbocycles. The van der Waals surface area contributed by atoms with Gasteiger partial charge in [0.05, 0.1) is 7.11 Å². The maximum absolute atomic E-state index is 12.5. The van der Waals surface area contributed by atoms with Gasteiger partial charge in [-0.1, -0.05) is 11.6 Å². The zero-order valence-corrected chi connectivity index (χ0v) is 11.6. The zero-order chi connectivity index (χ0) is 14.1. The molecule has 0 unspecified atom stereocenters. The maximum Gasteiger partial charge on any atom is 0.195 e. The Balaban J connectivity index is 2.09. The van der Waals surface area contributed by atoms with Gasteiger partial charge in [0.15, 0.2) is 5.78 Å². The SMILES string of the molecule is COc1ccc2[nH]cc(C(=O)c3ccc(Cl)cc3)c2c1. The summed E-state index contributed by atoms with van der Waals surface area (Å²) in [4.78, 5) is 15.6. The number of benzene rings is 2. The summed E-state index contributed by atoms with van der Waals surface area (Å²) in [6, 6.07) is 12.5. The summed E-state index contributed by atoms with van der Waals surface area (Å²) in [5, 5.41) is 1.46. The molecule has 20 heavy (non-hydrogen) atoms. The number of H-pyrrole nitrogens is 1. The Bertz CT molecular complexity index is 775. The standard InChI is InChI=1S/C16H12ClNO2/c1-20-12-6-7-15-13(8-12)14(9-18-15)16(19)10-2-4-11(17)5-3-10/h2-9,18H,1H3. The lowest BCUT2D eigenvalue weighted by Crippen LogP contribution is -1.99. The van der Waals surface area contributed by atoms with Gasteiger partial charge < -0.3 is 9.72 Å². The topological polar surface area (TPSA) is 42.1 Å². The van der Waals surface area contributed by atoms with E-state index >= 15 is 0 Å². The van der Waals surface area contributed by atoms with E-state index in [2.05, 4.69) is 4.98 Å². The highest BCUT2D eigenvalue weighted by Gasteiger charge is 2.14. The molecule has 3 nitrogen and oxygen atoms in total. The van der Waals surface area contributed by atoms with Crippen LogP contribution in [0.4, 0.5) is 0 Å². The molecule has 0 aliphatic heterocycles. The van der Waals surface area contributed by atoms with Gasteiger partial charge in [-0.25, -0.2) is 0 Å². The highest BCUT2D eigenvalue weighted by Crippen LogP contribution is 2.25. The molecule has 0 spiro atoms. The highest BCUT2D eigenvalue weighted by molar-refractivity contribution is 6.30. The van der Waals surface area contributed by atoms with Crippen molar-refractivity contribution in [2.24, 2.45) is 0 Å². The average Bonchev–Trinajstić information content (AvgIpc) is 2.90. The molecule has 0 aliphatic rings. The maximum atomic E-state index is 12.5. The number of ketones is 1. The molecule has 1 aromatic heterocycles. The fourth-order valence-electron chi connectivity index (χ4n) is 2.17. The molecule has 0 fully saturated rings. The van der Waals surface area contributed by atoms with Gasteiger partial charge in [0.2, 0.25) is 0 Å². The van der Waals surface area contributed by atoms with Crippen molar-refractivity contribution in [2.75, 3.05) is 7.11 Å². The van der Waals surface area contributed by atoms with Crippen molar-refractivity contribution >= 4 is 28.3 Å². The van der Waals surface area contributed by atoms with E-state index in [9.17, 15) is 4.79 Å². The third kappa shape index (κ3) is 2.17. The Morgan fingerprint density at radius 2 is 1.90 bits per heavy atom. The molecule has 1 heterocycles. The van der Waals surface area contributed by atoms with Gasteiger partial charge in [0, 0.05) is 33.2 Å². The molecule has 0 bridgehead atoms. The molecule has 4 heteroatoms. The minimum Gasteiger partial charge on any atom is -0.497 e. The van der Waals surface area contributed by atoms with Crippen molar-refractivity contribution in [1.82, 2.24) is 4.98 Å². The van der Waals surface area contributed by atoms with Crippen LogP contribution in [0.5, 0.6) is 5.75 Å². The van der Waals surface area contributed by atoms with Crippen molar-refractivity contribution < 1.29 is 9.53 Å². The van der Waals surface area contributed by atoms with Gasteiger partial charge >= 0.3 is 0 Å².